The fourth-order valence-corrected chi connectivity index (χ4v) is 2.17. The minimum Gasteiger partial charge on any atom is -0.485 e. The van der Waals surface area contributed by atoms with Gasteiger partial charge in [-0.2, -0.15) is 0 Å². The first-order chi connectivity index (χ1) is 8.70. The predicted octanol–water partition coefficient (Wildman–Crippen LogP) is 3.66. The van der Waals surface area contributed by atoms with Crippen LogP contribution in [0.3, 0.4) is 0 Å². The summed E-state index contributed by atoms with van der Waals surface area (Å²) in [5.41, 5.74) is 1.47. The maximum atomic E-state index is 13.7. The van der Waals surface area contributed by atoms with E-state index in [1.54, 1.807) is 6.07 Å². The lowest BCUT2D eigenvalue weighted by Gasteiger charge is -2.10. The Balaban J connectivity index is 2.15. The zero-order valence-corrected chi connectivity index (χ0v) is 11.2. The lowest BCUT2D eigenvalue weighted by molar-refractivity contribution is 0.275. The van der Waals surface area contributed by atoms with Gasteiger partial charge in [0.05, 0.1) is 11.1 Å². The molecule has 0 aromatic heterocycles. The molecule has 2 rings (SSSR count). The maximum Gasteiger partial charge on any atom is 0.169 e. The number of benzene rings is 2. The normalized spacial score (nSPS) is 10.4. The lowest BCUT2D eigenvalue weighted by atomic mass is 10.2. The molecule has 0 saturated carbocycles. The molecule has 18 heavy (non-hydrogen) atoms. The second kappa shape index (κ2) is 5.98. The first-order valence-corrected chi connectivity index (χ1v) is 6.25. The predicted molar refractivity (Wildman–Crippen MR) is 70.8 cm³/mol. The van der Waals surface area contributed by atoms with E-state index in [-0.39, 0.29) is 12.4 Å². The van der Waals surface area contributed by atoms with Gasteiger partial charge in [0.2, 0.25) is 0 Å². The van der Waals surface area contributed by atoms with Gasteiger partial charge in [0.1, 0.15) is 6.61 Å². The Morgan fingerprint density at radius 2 is 1.83 bits per heavy atom. The summed E-state index contributed by atoms with van der Waals surface area (Å²) in [6.45, 7) is 0.101. The molecular weight excluding hydrogens is 299 g/mol. The number of hydrogen-bond donors (Lipinski definition) is 1. The van der Waals surface area contributed by atoms with Crippen molar-refractivity contribution in [2.75, 3.05) is 0 Å². The molecule has 2 nitrogen and oxygen atoms in total. The van der Waals surface area contributed by atoms with E-state index in [0.29, 0.717) is 16.6 Å². The number of aliphatic hydroxyl groups is 1. The Labute approximate surface area is 113 Å². The maximum absolute atomic E-state index is 13.7. The molecule has 0 aliphatic carbocycles. The van der Waals surface area contributed by atoms with Crippen LogP contribution in [0.15, 0.2) is 46.9 Å². The van der Waals surface area contributed by atoms with E-state index < -0.39 is 5.82 Å². The smallest absolute Gasteiger partial charge is 0.169 e. The quantitative estimate of drug-likeness (QED) is 0.934. The third kappa shape index (κ3) is 3.09. The van der Waals surface area contributed by atoms with E-state index in [2.05, 4.69) is 15.9 Å². The first-order valence-electron chi connectivity index (χ1n) is 5.46. The summed E-state index contributed by atoms with van der Waals surface area (Å²) >= 11 is 3.24. The van der Waals surface area contributed by atoms with E-state index in [1.165, 1.54) is 6.07 Å². The number of hydrogen-bond acceptors (Lipinski definition) is 2. The Morgan fingerprint density at radius 3 is 2.44 bits per heavy atom. The molecule has 0 aliphatic rings. The molecule has 0 spiro atoms. The topological polar surface area (TPSA) is 29.5 Å². The van der Waals surface area contributed by atoms with Gasteiger partial charge in [-0.25, -0.2) is 4.39 Å². The molecule has 0 aliphatic heterocycles. The highest BCUT2D eigenvalue weighted by Gasteiger charge is 2.10. The zero-order valence-electron chi connectivity index (χ0n) is 9.57. The molecule has 1 N–H and O–H groups in total. The Bertz CT molecular complexity index is 506. The summed E-state index contributed by atoms with van der Waals surface area (Å²) in [4.78, 5) is 0. The molecule has 94 valence electrons. The van der Waals surface area contributed by atoms with Crippen LogP contribution < -0.4 is 4.74 Å². The summed E-state index contributed by atoms with van der Waals surface area (Å²) in [5.74, 6) is -0.319. The Morgan fingerprint density at radius 1 is 1.11 bits per heavy atom. The van der Waals surface area contributed by atoms with E-state index in [4.69, 9.17) is 9.84 Å². The fourth-order valence-electron chi connectivity index (χ4n) is 1.57. The van der Waals surface area contributed by atoms with Crippen LogP contribution in [-0.4, -0.2) is 5.11 Å². The summed E-state index contributed by atoms with van der Waals surface area (Å²) in [7, 11) is 0. The second-order valence-corrected chi connectivity index (χ2v) is 4.68. The molecule has 0 saturated heterocycles. The van der Waals surface area contributed by atoms with Crippen LogP contribution >= 0.6 is 15.9 Å². The molecule has 0 heterocycles. The van der Waals surface area contributed by atoms with Crippen molar-refractivity contribution in [2.24, 2.45) is 0 Å². The van der Waals surface area contributed by atoms with Gasteiger partial charge in [-0.05, 0) is 39.2 Å². The number of ether oxygens (including phenoxy) is 1. The lowest BCUT2D eigenvalue weighted by Crippen LogP contribution is -1.99. The Kier molecular flexibility index (Phi) is 4.33. The van der Waals surface area contributed by atoms with Gasteiger partial charge >= 0.3 is 0 Å². The van der Waals surface area contributed by atoms with E-state index >= 15 is 0 Å². The molecule has 0 bridgehead atoms. The van der Waals surface area contributed by atoms with E-state index in [9.17, 15) is 4.39 Å². The SMILES string of the molecule is OCc1cc(F)c(OCc2ccccc2)c(Br)c1. The van der Waals surface area contributed by atoms with Crippen molar-refractivity contribution in [3.8, 4) is 5.75 Å². The molecule has 2 aromatic carbocycles. The van der Waals surface area contributed by atoms with Gasteiger partial charge in [-0.3, -0.25) is 0 Å². The highest BCUT2D eigenvalue weighted by molar-refractivity contribution is 9.10. The molecule has 0 unspecified atom stereocenters. The zero-order chi connectivity index (χ0) is 13.0. The van der Waals surface area contributed by atoms with Crippen LogP contribution in [0, 0.1) is 5.82 Å². The van der Waals surface area contributed by atoms with Gasteiger partial charge in [0.15, 0.2) is 11.6 Å². The largest absolute Gasteiger partial charge is 0.485 e. The van der Waals surface area contributed by atoms with Gasteiger partial charge < -0.3 is 9.84 Å². The molecule has 0 amide bonds. The monoisotopic (exact) mass is 310 g/mol. The van der Waals surface area contributed by atoms with Gasteiger partial charge in [0.25, 0.3) is 0 Å². The molecule has 2 aromatic rings. The number of halogens is 2. The van der Waals surface area contributed by atoms with Crippen LogP contribution in [0.5, 0.6) is 5.75 Å². The van der Waals surface area contributed by atoms with Crippen molar-refractivity contribution in [3.05, 3.63) is 63.9 Å². The number of rotatable bonds is 4. The minimum absolute atomic E-state index is 0.163. The third-order valence-electron chi connectivity index (χ3n) is 2.47. The average molecular weight is 311 g/mol. The summed E-state index contributed by atoms with van der Waals surface area (Å²) in [6.07, 6.45) is 0. The van der Waals surface area contributed by atoms with E-state index in [1.807, 2.05) is 30.3 Å². The van der Waals surface area contributed by atoms with Crippen molar-refractivity contribution in [1.29, 1.82) is 0 Å². The first kappa shape index (κ1) is 13.1. The highest BCUT2D eigenvalue weighted by atomic mass is 79.9. The Hall–Kier alpha value is -1.39. The standard InChI is InChI=1S/C14H12BrFO2/c15-12-6-11(8-17)7-13(16)14(12)18-9-10-4-2-1-3-5-10/h1-7,17H,8-9H2. The molecule has 4 heteroatoms. The molecule has 0 fully saturated rings. The van der Waals surface area contributed by atoms with Gasteiger partial charge in [0, 0.05) is 0 Å². The number of aliphatic hydroxyl groups excluding tert-OH is 1. The molecule has 0 radical (unpaired) electrons. The van der Waals surface area contributed by atoms with Crippen molar-refractivity contribution in [3.63, 3.8) is 0 Å². The van der Waals surface area contributed by atoms with Crippen LogP contribution in [0.4, 0.5) is 4.39 Å². The minimum atomic E-state index is -0.482. The van der Waals surface area contributed by atoms with Crippen molar-refractivity contribution < 1.29 is 14.2 Å². The van der Waals surface area contributed by atoms with Gasteiger partial charge in [-0.15, -0.1) is 0 Å². The van der Waals surface area contributed by atoms with Crippen molar-refractivity contribution in [2.45, 2.75) is 13.2 Å². The second-order valence-electron chi connectivity index (χ2n) is 3.82. The van der Waals surface area contributed by atoms with Crippen LogP contribution in [0.2, 0.25) is 0 Å². The molecule has 0 atom stereocenters. The van der Waals surface area contributed by atoms with E-state index in [0.717, 1.165) is 5.56 Å². The molecular formula is C14H12BrFO2. The van der Waals surface area contributed by atoms with Crippen LogP contribution in [0.1, 0.15) is 11.1 Å². The summed E-state index contributed by atoms with van der Waals surface area (Å²) in [6, 6.07) is 12.4. The van der Waals surface area contributed by atoms with Crippen LogP contribution in [0.25, 0.3) is 0 Å². The fraction of sp³-hybridized carbons (Fsp3) is 0.143. The van der Waals surface area contributed by atoms with Crippen molar-refractivity contribution >= 4 is 15.9 Å². The average Bonchev–Trinajstić information content (AvgIpc) is 2.38. The third-order valence-corrected chi connectivity index (χ3v) is 3.06. The van der Waals surface area contributed by atoms with Gasteiger partial charge in [-0.1, -0.05) is 30.3 Å². The van der Waals surface area contributed by atoms with Crippen molar-refractivity contribution in [1.82, 2.24) is 0 Å². The van der Waals surface area contributed by atoms with Crippen LogP contribution in [-0.2, 0) is 13.2 Å². The summed E-state index contributed by atoms with van der Waals surface area (Å²) in [5, 5.41) is 8.96. The summed E-state index contributed by atoms with van der Waals surface area (Å²) < 4.78 is 19.7. The highest BCUT2D eigenvalue weighted by Crippen LogP contribution is 2.30.